The van der Waals surface area contributed by atoms with E-state index >= 15 is 0 Å². The van der Waals surface area contributed by atoms with Crippen LogP contribution in [0, 0.1) is 5.92 Å². The highest BCUT2D eigenvalue weighted by Gasteiger charge is 2.43. The molecular formula is C48H34N4O. The van der Waals surface area contributed by atoms with E-state index in [0.717, 1.165) is 39.5 Å². The molecule has 1 aromatic heterocycles. The summed E-state index contributed by atoms with van der Waals surface area (Å²) in [5.41, 5.74) is 10.5. The van der Waals surface area contributed by atoms with Crippen molar-refractivity contribution in [3.05, 3.63) is 192 Å². The lowest BCUT2D eigenvalue weighted by molar-refractivity contribution is 0.233. The molecule has 6 aliphatic rings. The first-order valence-electron chi connectivity index (χ1n) is 18.6. The number of benzene rings is 5. The average molecular weight is 683 g/mol. The van der Waals surface area contributed by atoms with Crippen molar-refractivity contribution < 1.29 is 4.74 Å². The van der Waals surface area contributed by atoms with E-state index in [9.17, 15) is 0 Å². The van der Waals surface area contributed by atoms with Gasteiger partial charge in [-0.3, -0.25) is 4.57 Å². The normalized spacial score (nSPS) is 25.3. The Morgan fingerprint density at radius 3 is 2.38 bits per heavy atom. The van der Waals surface area contributed by atoms with E-state index in [2.05, 4.69) is 173 Å². The van der Waals surface area contributed by atoms with Crippen LogP contribution in [0.5, 0.6) is 5.75 Å². The van der Waals surface area contributed by atoms with Gasteiger partial charge in [-0.2, -0.15) is 0 Å². The summed E-state index contributed by atoms with van der Waals surface area (Å²) in [4.78, 5) is 13.5. The Bertz CT molecular complexity index is 2770. The molecule has 12 rings (SSSR count). The van der Waals surface area contributed by atoms with Crippen molar-refractivity contribution in [1.82, 2.24) is 4.57 Å². The smallest absolute Gasteiger partial charge is 0.233 e. The maximum atomic E-state index is 6.68. The van der Waals surface area contributed by atoms with Crippen LogP contribution >= 0.6 is 0 Å². The molecule has 5 aromatic carbocycles. The first kappa shape index (κ1) is 29.2. The van der Waals surface area contributed by atoms with E-state index in [1.807, 2.05) is 6.07 Å². The fourth-order valence-corrected chi connectivity index (χ4v) is 9.69. The van der Waals surface area contributed by atoms with Crippen LogP contribution in [0.4, 0.5) is 11.4 Å². The number of rotatable bonds is 2. The lowest BCUT2D eigenvalue weighted by Crippen LogP contribution is -2.33. The number of aromatic nitrogens is 1. The van der Waals surface area contributed by atoms with Gasteiger partial charge in [0.05, 0.1) is 28.9 Å². The predicted molar refractivity (Wildman–Crippen MR) is 216 cm³/mol. The average Bonchev–Trinajstić information content (AvgIpc) is 3.88. The minimum absolute atomic E-state index is 0.111. The van der Waals surface area contributed by atoms with Crippen LogP contribution in [0.3, 0.4) is 0 Å². The van der Waals surface area contributed by atoms with Crippen LogP contribution in [0.2, 0.25) is 0 Å². The molecule has 0 fully saturated rings. The van der Waals surface area contributed by atoms with Gasteiger partial charge in [0.25, 0.3) is 0 Å². The Morgan fingerprint density at radius 2 is 1.43 bits per heavy atom. The first-order chi connectivity index (χ1) is 26.3. The van der Waals surface area contributed by atoms with Crippen LogP contribution in [0.1, 0.15) is 45.7 Å². The van der Waals surface area contributed by atoms with Crippen LogP contribution in [-0.2, 0) is 0 Å². The number of nitrogens with zero attached hydrogens (tertiary/aromatic N) is 4. The van der Waals surface area contributed by atoms with Gasteiger partial charge in [0.15, 0.2) is 0 Å². The van der Waals surface area contributed by atoms with Crippen LogP contribution in [0.25, 0.3) is 27.8 Å². The minimum Gasteiger partial charge on any atom is -0.467 e. The molecule has 0 spiro atoms. The maximum absolute atomic E-state index is 6.68. The fraction of sp³-hybridized carbons (Fsp3) is 0.125. The van der Waals surface area contributed by atoms with Gasteiger partial charge in [-0.1, -0.05) is 134 Å². The minimum atomic E-state index is -0.430. The van der Waals surface area contributed by atoms with Gasteiger partial charge in [-0.05, 0) is 63.9 Å². The van der Waals surface area contributed by atoms with Gasteiger partial charge >= 0.3 is 0 Å². The molecule has 252 valence electrons. The van der Waals surface area contributed by atoms with E-state index in [4.69, 9.17) is 14.7 Å². The Morgan fingerprint density at radius 1 is 0.642 bits per heavy atom. The molecule has 0 saturated heterocycles. The number of allylic oxidation sites excluding steroid dienone is 7. The third kappa shape index (κ3) is 4.19. The molecule has 53 heavy (non-hydrogen) atoms. The molecular weight excluding hydrogens is 649 g/mol. The monoisotopic (exact) mass is 682 g/mol. The lowest BCUT2D eigenvalue weighted by atomic mass is 9.78. The topological polar surface area (TPSA) is 42.1 Å². The summed E-state index contributed by atoms with van der Waals surface area (Å²) in [7, 11) is 0. The van der Waals surface area contributed by atoms with Gasteiger partial charge < -0.3 is 9.64 Å². The number of hydrogen-bond acceptors (Lipinski definition) is 4. The van der Waals surface area contributed by atoms with Crippen molar-refractivity contribution >= 4 is 50.8 Å². The zero-order chi connectivity index (χ0) is 34.6. The molecule has 3 aliphatic heterocycles. The highest BCUT2D eigenvalue weighted by molar-refractivity contribution is 6.16. The quantitative estimate of drug-likeness (QED) is 0.182. The molecule has 4 heterocycles. The Balaban J connectivity index is 1.10. The molecule has 5 nitrogen and oxygen atoms in total. The van der Waals surface area contributed by atoms with E-state index in [-0.39, 0.29) is 17.9 Å². The van der Waals surface area contributed by atoms with Gasteiger partial charge in [-0.25, -0.2) is 9.98 Å². The van der Waals surface area contributed by atoms with E-state index < -0.39 is 6.23 Å². The van der Waals surface area contributed by atoms with Crippen LogP contribution in [0.15, 0.2) is 174 Å². The van der Waals surface area contributed by atoms with E-state index in [1.165, 1.54) is 33.0 Å². The third-order valence-corrected chi connectivity index (χ3v) is 12.0. The van der Waals surface area contributed by atoms with Crippen molar-refractivity contribution in [2.75, 3.05) is 4.90 Å². The number of hydrogen-bond donors (Lipinski definition) is 0. The molecule has 0 saturated carbocycles. The Hall–Kier alpha value is -6.46. The van der Waals surface area contributed by atoms with Gasteiger partial charge in [0.2, 0.25) is 12.2 Å². The summed E-state index contributed by atoms with van der Waals surface area (Å²) in [6, 6.07) is 39.6. The standard InChI is InChI=1S/C48H34N4O/c1-2-13-31-27-32(22-21-29(31)11-1)46-45-38-17-7-10-20-43(38)53-47(45)50-48(49-46)52-41-26-23-30-12-3-4-14-34(30)44(41)37-25-24-33(28-42(37)52)51-39-18-8-5-15-35(39)36-16-6-9-19-40(36)51/h1-28,30,34-35,39,45,47H. The van der Waals surface area contributed by atoms with Crippen molar-refractivity contribution in [2.45, 2.75) is 30.0 Å². The molecule has 6 unspecified atom stereocenters. The number of anilines is 2. The third-order valence-electron chi connectivity index (χ3n) is 12.0. The molecule has 3 aliphatic carbocycles. The highest BCUT2D eigenvalue weighted by atomic mass is 16.5. The number of aliphatic imine (C=N–C) groups is 2. The van der Waals surface area contributed by atoms with E-state index in [0.29, 0.717) is 17.8 Å². The second-order valence-corrected chi connectivity index (χ2v) is 14.8. The van der Waals surface area contributed by atoms with E-state index in [1.54, 1.807) is 0 Å². The summed E-state index contributed by atoms with van der Waals surface area (Å²) in [5, 5.41) is 3.63. The number of ether oxygens (including phenoxy) is 1. The molecule has 6 aromatic rings. The SMILES string of the molecule is C1=CC2C=Cc3c(c4ccc(N5c6ccccc6C6C=CC=CC65)cc4n3C3=NC4Oc5ccccc5C4C(c4ccc5ccccc5c4)=N3)C2C=C1. The number of fused-ring (bicyclic) bond motifs is 12. The lowest BCUT2D eigenvalue weighted by Gasteiger charge is -2.29. The molecule has 0 N–H and O–H groups in total. The molecule has 0 bridgehead atoms. The summed E-state index contributed by atoms with van der Waals surface area (Å²) < 4.78 is 8.99. The van der Waals surface area contributed by atoms with Crippen molar-refractivity contribution in [3.8, 4) is 5.75 Å². The summed E-state index contributed by atoms with van der Waals surface area (Å²) >= 11 is 0. The first-order valence-corrected chi connectivity index (χ1v) is 18.6. The zero-order valence-corrected chi connectivity index (χ0v) is 28.8. The summed E-state index contributed by atoms with van der Waals surface area (Å²) in [6.45, 7) is 0. The van der Waals surface area contributed by atoms with Crippen molar-refractivity contribution in [3.63, 3.8) is 0 Å². The molecule has 0 radical (unpaired) electrons. The second kappa shape index (κ2) is 11.0. The fourth-order valence-electron chi connectivity index (χ4n) is 9.69. The van der Waals surface area contributed by atoms with Gasteiger partial charge in [0.1, 0.15) is 5.75 Å². The van der Waals surface area contributed by atoms with Gasteiger partial charge in [0, 0.05) is 40.1 Å². The molecule has 5 heteroatoms. The Labute approximate surface area is 307 Å². The van der Waals surface area contributed by atoms with Crippen LogP contribution < -0.4 is 9.64 Å². The van der Waals surface area contributed by atoms with Crippen LogP contribution in [-0.4, -0.2) is 28.5 Å². The summed E-state index contributed by atoms with van der Waals surface area (Å²) in [5.74, 6) is 2.26. The van der Waals surface area contributed by atoms with Crippen molar-refractivity contribution in [1.29, 1.82) is 0 Å². The predicted octanol–water partition coefficient (Wildman–Crippen LogP) is 10.6. The largest absolute Gasteiger partial charge is 0.467 e. The second-order valence-electron chi connectivity index (χ2n) is 14.8. The molecule has 6 atom stereocenters. The molecule has 0 amide bonds. The van der Waals surface area contributed by atoms with Gasteiger partial charge in [-0.15, -0.1) is 0 Å². The number of para-hydroxylation sites is 2. The maximum Gasteiger partial charge on any atom is 0.233 e. The summed E-state index contributed by atoms with van der Waals surface area (Å²) in [6.07, 6.45) is 22.3. The highest BCUT2D eigenvalue weighted by Crippen LogP contribution is 2.50. The Kier molecular flexibility index (Phi) is 6.06. The van der Waals surface area contributed by atoms with Crippen molar-refractivity contribution in [2.24, 2.45) is 15.9 Å². The zero-order valence-electron chi connectivity index (χ0n) is 28.8.